The van der Waals surface area contributed by atoms with Crippen LogP contribution in [0, 0.1) is 5.92 Å². The lowest BCUT2D eigenvalue weighted by atomic mass is 10.1. The fraction of sp³-hybridized carbons (Fsp3) is 0.781. The van der Waals surface area contributed by atoms with Crippen molar-refractivity contribution < 1.29 is 29.2 Å². The van der Waals surface area contributed by atoms with Crippen LogP contribution >= 0.6 is 0 Å². The van der Waals surface area contributed by atoms with Crippen molar-refractivity contribution in [1.82, 2.24) is 5.32 Å². The molecule has 0 aliphatic heterocycles. The van der Waals surface area contributed by atoms with E-state index < -0.39 is 5.92 Å². The molecular formula is C32H57NO6. The summed E-state index contributed by atoms with van der Waals surface area (Å²) in [5, 5.41) is 21.5. The lowest BCUT2D eigenvalue weighted by Gasteiger charge is -2.19. The first-order chi connectivity index (χ1) is 19.1. The highest BCUT2D eigenvalue weighted by Gasteiger charge is 2.20. The van der Waals surface area contributed by atoms with Crippen molar-refractivity contribution in [2.45, 2.75) is 117 Å². The number of carbonyl (C=O) groups is 1. The van der Waals surface area contributed by atoms with Crippen LogP contribution in [-0.2, 0) is 0 Å². The Morgan fingerprint density at radius 3 is 1.49 bits per heavy atom. The zero-order valence-electron chi connectivity index (χ0n) is 25.1. The van der Waals surface area contributed by atoms with Gasteiger partial charge in [0, 0.05) is 31.2 Å². The van der Waals surface area contributed by atoms with Gasteiger partial charge in [0.1, 0.15) is 0 Å². The first-order valence-corrected chi connectivity index (χ1v) is 15.7. The molecule has 0 aliphatic rings. The average Bonchev–Trinajstić information content (AvgIpc) is 2.95. The summed E-state index contributed by atoms with van der Waals surface area (Å²) in [5.41, 5.74) is 0.418. The van der Waals surface area contributed by atoms with Gasteiger partial charge in [0.25, 0.3) is 5.91 Å². The Morgan fingerprint density at radius 1 is 0.667 bits per heavy atom. The maximum Gasteiger partial charge on any atom is 0.251 e. The summed E-state index contributed by atoms with van der Waals surface area (Å²) in [7, 11) is 0. The second-order valence-electron chi connectivity index (χ2n) is 10.5. The van der Waals surface area contributed by atoms with E-state index in [1.165, 1.54) is 57.8 Å². The molecule has 226 valence electrons. The molecule has 7 nitrogen and oxygen atoms in total. The van der Waals surface area contributed by atoms with Crippen molar-refractivity contribution in [3.8, 4) is 17.2 Å². The Morgan fingerprint density at radius 2 is 1.08 bits per heavy atom. The van der Waals surface area contributed by atoms with Crippen LogP contribution < -0.4 is 19.5 Å². The van der Waals surface area contributed by atoms with E-state index in [0.29, 0.717) is 42.6 Å². The second kappa shape index (κ2) is 23.9. The van der Waals surface area contributed by atoms with Gasteiger partial charge < -0.3 is 29.7 Å². The van der Waals surface area contributed by atoms with Crippen LogP contribution in [0.3, 0.4) is 0 Å². The Kier molecular flexibility index (Phi) is 21.4. The number of nitrogens with one attached hydrogen (secondary N) is 1. The average molecular weight is 552 g/mol. The summed E-state index contributed by atoms with van der Waals surface area (Å²) >= 11 is 0. The minimum absolute atomic E-state index is 0.184. The molecular weight excluding hydrogens is 494 g/mol. The molecule has 0 heterocycles. The van der Waals surface area contributed by atoms with Crippen LogP contribution in [0.5, 0.6) is 17.2 Å². The molecule has 39 heavy (non-hydrogen) atoms. The smallest absolute Gasteiger partial charge is 0.251 e. The molecule has 0 spiro atoms. The predicted octanol–water partition coefficient (Wildman–Crippen LogP) is 7.06. The first kappa shape index (κ1) is 35.0. The minimum atomic E-state index is -0.401. The Bertz CT molecular complexity index is 700. The Hall–Kier alpha value is -1.99. The third-order valence-electron chi connectivity index (χ3n) is 6.86. The maximum atomic E-state index is 13.0. The van der Waals surface area contributed by atoms with Crippen molar-refractivity contribution in [2.24, 2.45) is 5.92 Å². The summed E-state index contributed by atoms with van der Waals surface area (Å²) in [5.74, 6) is 0.949. The molecule has 0 saturated heterocycles. The molecule has 0 aromatic heterocycles. The molecule has 0 fully saturated rings. The molecule has 0 unspecified atom stereocenters. The zero-order valence-corrected chi connectivity index (χ0v) is 25.1. The Labute approximate surface area is 238 Å². The standard InChI is InChI=1S/C32H57NO6/c1-4-7-10-13-16-19-37-29-22-28(32(36)33-24-27(25-34)26-35)23-30(38-20-17-14-11-8-5-2)31(29)39-21-18-15-12-9-6-3/h22-23,27,34-35H,4-21,24-26H2,1-3H3,(H,33,36). The van der Waals surface area contributed by atoms with Gasteiger partial charge in [-0.2, -0.15) is 0 Å². The molecule has 1 rings (SSSR count). The zero-order chi connectivity index (χ0) is 28.6. The third-order valence-corrected chi connectivity index (χ3v) is 6.86. The molecule has 0 bridgehead atoms. The first-order valence-electron chi connectivity index (χ1n) is 15.7. The van der Waals surface area contributed by atoms with Gasteiger partial charge in [0.15, 0.2) is 11.5 Å². The normalized spacial score (nSPS) is 11.1. The molecule has 0 aliphatic carbocycles. The molecule has 0 atom stereocenters. The summed E-state index contributed by atoms with van der Waals surface area (Å²) in [6.07, 6.45) is 17.0. The van der Waals surface area contributed by atoms with Crippen LogP contribution in [0.25, 0.3) is 0 Å². The number of rotatable bonds is 26. The third kappa shape index (κ3) is 16.0. The molecule has 3 N–H and O–H groups in total. The molecule has 0 saturated carbocycles. The van der Waals surface area contributed by atoms with Gasteiger partial charge in [-0.25, -0.2) is 0 Å². The second-order valence-corrected chi connectivity index (χ2v) is 10.5. The van der Waals surface area contributed by atoms with E-state index in [-0.39, 0.29) is 25.7 Å². The van der Waals surface area contributed by atoms with Crippen LogP contribution in [0.4, 0.5) is 0 Å². The van der Waals surface area contributed by atoms with E-state index in [0.717, 1.165) is 38.5 Å². The number of hydrogen-bond acceptors (Lipinski definition) is 6. The number of aliphatic hydroxyl groups is 2. The van der Waals surface area contributed by atoms with E-state index in [2.05, 4.69) is 26.1 Å². The quantitative estimate of drug-likeness (QED) is 0.107. The fourth-order valence-corrected chi connectivity index (χ4v) is 4.25. The van der Waals surface area contributed by atoms with Gasteiger partial charge in [-0.3, -0.25) is 4.79 Å². The van der Waals surface area contributed by atoms with Crippen molar-refractivity contribution >= 4 is 5.91 Å². The summed E-state index contributed by atoms with van der Waals surface area (Å²) < 4.78 is 18.7. The predicted molar refractivity (Wildman–Crippen MR) is 159 cm³/mol. The number of amides is 1. The van der Waals surface area contributed by atoms with Crippen LogP contribution in [-0.4, -0.2) is 55.7 Å². The van der Waals surface area contributed by atoms with Crippen molar-refractivity contribution in [3.05, 3.63) is 17.7 Å². The highest BCUT2D eigenvalue weighted by molar-refractivity contribution is 5.95. The number of ether oxygens (including phenoxy) is 3. The van der Waals surface area contributed by atoms with E-state index in [1.807, 2.05) is 0 Å². The number of benzene rings is 1. The van der Waals surface area contributed by atoms with Gasteiger partial charge in [-0.15, -0.1) is 0 Å². The van der Waals surface area contributed by atoms with Gasteiger partial charge >= 0.3 is 0 Å². The van der Waals surface area contributed by atoms with Crippen molar-refractivity contribution in [3.63, 3.8) is 0 Å². The molecule has 1 aromatic rings. The fourth-order valence-electron chi connectivity index (χ4n) is 4.25. The summed E-state index contributed by atoms with van der Waals surface area (Å²) in [6.45, 7) is 8.08. The van der Waals surface area contributed by atoms with Crippen molar-refractivity contribution in [2.75, 3.05) is 39.6 Å². The van der Waals surface area contributed by atoms with Crippen LogP contribution in [0.1, 0.15) is 127 Å². The lowest BCUT2D eigenvalue weighted by Crippen LogP contribution is -2.32. The lowest BCUT2D eigenvalue weighted by molar-refractivity contribution is 0.0920. The van der Waals surface area contributed by atoms with Gasteiger partial charge in [0.05, 0.1) is 19.8 Å². The van der Waals surface area contributed by atoms with Crippen molar-refractivity contribution in [1.29, 1.82) is 0 Å². The van der Waals surface area contributed by atoms with Crippen LogP contribution in [0.2, 0.25) is 0 Å². The monoisotopic (exact) mass is 551 g/mol. The largest absolute Gasteiger partial charge is 0.490 e. The summed E-state index contributed by atoms with van der Waals surface area (Å²) in [4.78, 5) is 13.0. The molecule has 1 aromatic carbocycles. The van der Waals surface area contributed by atoms with Crippen LogP contribution in [0.15, 0.2) is 12.1 Å². The number of hydrogen-bond donors (Lipinski definition) is 3. The van der Waals surface area contributed by atoms with Gasteiger partial charge in [-0.05, 0) is 31.4 Å². The minimum Gasteiger partial charge on any atom is -0.490 e. The van der Waals surface area contributed by atoms with E-state index in [1.54, 1.807) is 12.1 Å². The highest BCUT2D eigenvalue weighted by atomic mass is 16.5. The number of unbranched alkanes of at least 4 members (excludes halogenated alkanes) is 12. The van der Waals surface area contributed by atoms with Gasteiger partial charge in [-0.1, -0.05) is 97.8 Å². The number of carbonyl (C=O) groups excluding carboxylic acids is 1. The Balaban J connectivity index is 3.07. The van der Waals surface area contributed by atoms with Gasteiger partial charge in [0.2, 0.25) is 5.75 Å². The summed E-state index contributed by atoms with van der Waals surface area (Å²) in [6, 6.07) is 3.46. The molecule has 0 radical (unpaired) electrons. The van der Waals surface area contributed by atoms with E-state index in [4.69, 9.17) is 14.2 Å². The van der Waals surface area contributed by atoms with E-state index in [9.17, 15) is 15.0 Å². The highest BCUT2D eigenvalue weighted by Crippen LogP contribution is 2.39. The maximum absolute atomic E-state index is 13.0. The van der Waals surface area contributed by atoms with E-state index >= 15 is 0 Å². The molecule has 7 heteroatoms. The molecule has 1 amide bonds. The SMILES string of the molecule is CCCCCCCOc1cc(C(=O)NCC(CO)CO)cc(OCCCCCCC)c1OCCCCCCC. The number of aliphatic hydroxyl groups excluding tert-OH is 2. The topological polar surface area (TPSA) is 97.3 Å².